The van der Waals surface area contributed by atoms with Crippen LogP contribution in [0.25, 0.3) is 11.1 Å². The minimum atomic E-state index is -0.682. The highest BCUT2D eigenvalue weighted by Gasteiger charge is 2.26. The van der Waals surface area contributed by atoms with E-state index >= 15 is 0 Å². The molecule has 4 rings (SSSR count). The van der Waals surface area contributed by atoms with Crippen molar-refractivity contribution in [3.63, 3.8) is 0 Å². The molecule has 3 aromatic rings. The lowest BCUT2D eigenvalue weighted by molar-refractivity contribution is -0.136. The maximum absolute atomic E-state index is 12.4. The minimum absolute atomic E-state index is 0.0187. The highest BCUT2D eigenvalue weighted by atomic mass is 32.1. The molecule has 154 valence electrons. The minimum Gasteiger partial charge on any atom is -0.457 e. The third kappa shape index (κ3) is 4.28. The molecule has 0 spiro atoms. The molecule has 0 N–H and O–H groups in total. The third-order valence-corrected chi connectivity index (χ3v) is 5.77. The number of ether oxygens (including phenoxy) is 1. The molecule has 1 aliphatic rings. The number of esters is 1. The third-order valence-electron chi connectivity index (χ3n) is 4.91. The summed E-state index contributed by atoms with van der Waals surface area (Å²) < 4.78 is 10.5. The van der Waals surface area contributed by atoms with Crippen LogP contribution in [-0.4, -0.2) is 60.4 Å². The lowest BCUT2D eigenvalue weighted by Crippen LogP contribution is -2.51. The van der Waals surface area contributed by atoms with Crippen LogP contribution < -0.4 is 0 Å². The van der Waals surface area contributed by atoms with Gasteiger partial charge in [0.05, 0.1) is 11.1 Å². The highest BCUT2D eigenvalue weighted by molar-refractivity contribution is 7.12. The smallest absolute Gasteiger partial charge is 0.375 e. The second kappa shape index (κ2) is 8.96. The number of amides is 2. The molecule has 1 aromatic carbocycles. The molecule has 1 fully saturated rings. The topological polar surface area (TPSA) is 80.1 Å². The number of thiophene rings is 1. The first kappa shape index (κ1) is 19.9. The van der Waals surface area contributed by atoms with Crippen LogP contribution in [0.1, 0.15) is 20.2 Å². The first-order valence-electron chi connectivity index (χ1n) is 9.54. The molecule has 0 bridgehead atoms. The fourth-order valence-corrected chi connectivity index (χ4v) is 4.00. The van der Waals surface area contributed by atoms with Gasteiger partial charge in [-0.2, -0.15) is 0 Å². The Morgan fingerprint density at radius 1 is 0.933 bits per heavy atom. The highest BCUT2D eigenvalue weighted by Crippen LogP contribution is 2.25. The normalized spacial score (nSPS) is 13.9. The van der Waals surface area contributed by atoms with Crippen LogP contribution in [0.3, 0.4) is 0 Å². The van der Waals surface area contributed by atoms with E-state index in [-0.39, 0.29) is 24.2 Å². The Morgan fingerprint density at radius 3 is 2.37 bits per heavy atom. The summed E-state index contributed by atoms with van der Waals surface area (Å²) in [5.41, 5.74) is 1.45. The fraction of sp³-hybridized carbons (Fsp3) is 0.227. The van der Waals surface area contributed by atoms with Gasteiger partial charge in [0.25, 0.3) is 11.8 Å². The molecule has 2 amide bonds. The number of nitrogens with zero attached hydrogens (tertiary/aromatic N) is 2. The van der Waals surface area contributed by atoms with Gasteiger partial charge in [-0.3, -0.25) is 9.59 Å². The van der Waals surface area contributed by atoms with E-state index in [0.717, 1.165) is 5.56 Å². The molecule has 0 saturated carbocycles. The zero-order valence-corrected chi connectivity index (χ0v) is 17.0. The van der Waals surface area contributed by atoms with Crippen LogP contribution in [0, 0.1) is 0 Å². The van der Waals surface area contributed by atoms with Crippen LogP contribution in [0.4, 0.5) is 0 Å². The molecule has 30 heavy (non-hydrogen) atoms. The van der Waals surface area contributed by atoms with Crippen molar-refractivity contribution in [2.75, 3.05) is 32.8 Å². The summed E-state index contributed by atoms with van der Waals surface area (Å²) in [6.07, 6.45) is 1.42. The molecule has 0 radical (unpaired) electrons. The summed E-state index contributed by atoms with van der Waals surface area (Å²) in [6, 6.07) is 14.7. The number of rotatable bonds is 5. The summed E-state index contributed by atoms with van der Waals surface area (Å²) in [6.45, 7) is 1.35. The van der Waals surface area contributed by atoms with Crippen molar-refractivity contribution in [2.24, 2.45) is 0 Å². The van der Waals surface area contributed by atoms with E-state index in [1.165, 1.54) is 17.6 Å². The van der Waals surface area contributed by atoms with Crippen LogP contribution in [0.5, 0.6) is 0 Å². The van der Waals surface area contributed by atoms with Gasteiger partial charge in [-0.1, -0.05) is 36.4 Å². The quantitative estimate of drug-likeness (QED) is 0.588. The monoisotopic (exact) mass is 424 g/mol. The van der Waals surface area contributed by atoms with Gasteiger partial charge in [0.1, 0.15) is 0 Å². The second-order valence-electron chi connectivity index (χ2n) is 6.76. The predicted octanol–water partition coefficient (Wildman–Crippen LogP) is 3.15. The fourth-order valence-electron chi connectivity index (χ4n) is 3.31. The van der Waals surface area contributed by atoms with E-state index in [9.17, 15) is 14.4 Å². The van der Waals surface area contributed by atoms with Crippen LogP contribution in [-0.2, 0) is 9.53 Å². The van der Waals surface area contributed by atoms with Crippen molar-refractivity contribution in [1.29, 1.82) is 0 Å². The Hall–Kier alpha value is -3.39. The molecule has 0 unspecified atom stereocenters. The van der Waals surface area contributed by atoms with Gasteiger partial charge in [-0.25, -0.2) is 4.79 Å². The molecule has 1 saturated heterocycles. The van der Waals surface area contributed by atoms with Gasteiger partial charge in [0.15, 0.2) is 6.61 Å². The van der Waals surface area contributed by atoms with E-state index in [0.29, 0.717) is 36.6 Å². The standard InChI is InChI=1S/C22H20N2O5S/c25-19(23-9-11-24(12-10-23)21(26)18-7-4-14-30-18)15-29-22(27)20-17(8-13-28-20)16-5-2-1-3-6-16/h1-8,13-14H,9-12,15H2. The maximum atomic E-state index is 12.4. The van der Waals surface area contributed by atoms with E-state index in [4.69, 9.17) is 9.15 Å². The molecular formula is C22H20N2O5S. The van der Waals surface area contributed by atoms with Gasteiger partial charge in [0, 0.05) is 31.7 Å². The van der Waals surface area contributed by atoms with Crippen LogP contribution >= 0.6 is 11.3 Å². The van der Waals surface area contributed by atoms with Gasteiger partial charge in [-0.05, 0) is 23.1 Å². The molecule has 1 aliphatic heterocycles. The number of furan rings is 1. The van der Waals surface area contributed by atoms with Crippen LogP contribution in [0.15, 0.2) is 64.6 Å². The molecule has 2 aromatic heterocycles. The van der Waals surface area contributed by atoms with Crippen molar-refractivity contribution in [2.45, 2.75) is 0 Å². The Labute approximate surface area is 177 Å². The van der Waals surface area contributed by atoms with E-state index in [1.807, 2.05) is 41.8 Å². The Balaban J connectivity index is 1.29. The summed E-state index contributed by atoms with van der Waals surface area (Å²) in [7, 11) is 0. The summed E-state index contributed by atoms with van der Waals surface area (Å²) in [5.74, 6) is -0.923. The number of carbonyl (C=O) groups is 3. The SMILES string of the molecule is O=C(OCC(=O)N1CCN(C(=O)c2cccs2)CC1)c1occc1-c1ccccc1. The van der Waals surface area contributed by atoms with Crippen molar-refractivity contribution >= 4 is 29.1 Å². The average molecular weight is 424 g/mol. The zero-order chi connectivity index (χ0) is 20.9. The zero-order valence-electron chi connectivity index (χ0n) is 16.2. The Bertz CT molecular complexity index is 1020. The number of benzene rings is 1. The average Bonchev–Trinajstić information content (AvgIpc) is 3.50. The molecule has 7 nitrogen and oxygen atoms in total. The van der Waals surface area contributed by atoms with Gasteiger partial charge < -0.3 is 19.0 Å². The van der Waals surface area contributed by atoms with E-state index in [2.05, 4.69) is 0 Å². The lowest BCUT2D eigenvalue weighted by Gasteiger charge is -2.34. The molecule has 8 heteroatoms. The molecule has 0 atom stereocenters. The molecule has 3 heterocycles. The molecule has 0 aliphatic carbocycles. The Kier molecular flexibility index (Phi) is 5.94. The summed E-state index contributed by atoms with van der Waals surface area (Å²) in [4.78, 5) is 41.3. The van der Waals surface area contributed by atoms with E-state index in [1.54, 1.807) is 21.9 Å². The molecular weight excluding hydrogens is 404 g/mol. The Morgan fingerprint density at radius 2 is 1.67 bits per heavy atom. The van der Waals surface area contributed by atoms with Gasteiger partial charge in [0.2, 0.25) is 5.76 Å². The van der Waals surface area contributed by atoms with Crippen molar-refractivity contribution in [1.82, 2.24) is 9.80 Å². The second-order valence-corrected chi connectivity index (χ2v) is 7.70. The van der Waals surface area contributed by atoms with Gasteiger partial charge >= 0.3 is 5.97 Å². The summed E-state index contributed by atoms with van der Waals surface area (Å²) in [5, 5.41) is 1.86. The van der Waals surface area contributed by atoms with Crippen molar-refractivity contribution < 1.29 is 23.5 Å². The van der Waals surface area contributed by atoms with Crippen molar-refractivity contribution in [3.05, 3.63) is 70.8 Å². The summed E-state index contributed by atoms with van der Waals surface area (Å²) >= 11 is 1.40. The first-order chi connectivity index (χ1) is 14.6. The van der Waals surface area contributed by atoms with Gasteiger partial charge in [-0.15, -0.1) is 11.3 Å². The lowest BCUT2D eigenvalue weighted by atomic mass is 10.1. The predicted molar refractivity (Wildman–Crippen MR) is 111 cm³/mol. The number of piperazine rings is 1. The largest absolute Gasteiger partial charge is 0.457 e. The number of hydrogen-bond acceptors (Lipinski definition) is 6. The van der Waals surface area contributed by atoms with E-state index < -0.39 is 5.97 Å². The van der Waals surface area contributed by atoms with Crippen LogP contribution in [0.2, 0.25) is 0 Å². The first-order valence-corrected chi connectivity index (χ1v) is 10.4. The number of hydrogen-bond donors (Lipinski definition) is 0. The van der Waals surface area contributed by atoms with Crippen molar-refractivity contribution in [3.8, 4) is 11.1 Å². The maximum Gasteiger partial charge on any atom is 0.375 e. The number of carbonyl (C=O) groups excluding carboxylic acids is 3.